The van der Waals surface area contributed by atoms with Crippen LogP contribution in [0.25, 0.3) is 11.0 Å². The second kappa shape index (κ2) is 7.67. The first kappa shape index (κ1) is 19.7. The smallest absolute Gasteiger partial charge is 0.305 e. The van der Waals surface area contributed by atoms with Crippen LogP contribution in [0.2, 0.25) is 0 Å². The van der Waals surface area contributed by atoms with Crippen LogP contribution in [0.1, 0.15) is 33.7 Å². The number of carbonyl (C=O) groups is 3. The Kier molecular flexibility index (Phi) is 5.03. The van der Waals surface area contributed by atoms with Crippen molar-refractivity contribution in [2.45, 2.75) is 27.2 Å². The van der Waals surface area contributed by atoms with E-state index in [1.807, 2.05) is 50.2 Å². The van der Waals surface area contributed by atoms with Gasteiger partial charge in [0.1, 0.15) is 5.58 Å². The van der Waals surface area contributed by atoms with Gasteiger partial charge in [-0.3, -0.25) is 25.2 Å². The molecule has 1 aliphatic rings. The third-order valence-corrected chi connectivity index (χ3v) is 5.71. The fourth-order valence-electron chi connectivity index (χ4n) is 3.81. The minimum atomic E-state index is -0.547. The normalized spacial score (nSPS) is 16.2. The minimum absolute atomic E-state index is 0.0960. The number of amides is 3. The highest BCUT2D eigenvalue weighted by atomic mass is 16.3. The van der Waals surface area contributed by atoms with Crippen molar-refractivity contribution < 1.29 is 18.8 Å². The number of nitrogens with one attached hydrogen (secondary N) is 2. The fourth-order valence-corrected chi connectivity index (χ4v) is 3.81. The molecule has 0 radical (unpaired) electrons. The third kappa shape index (κ3) is 3.43. The van der Waals surface area contributed by atoms with Crippen molar-refractivity contribution in [1.29, 1.82) is 0 Å². The van der Waals surface area contributed by atoms with Crippen LogP contribution >= 0.6 is 0 Å². The number of nitrogens with zero attached hydrogens (tertiary/aromatic N) is 1. The quantitative estimate of drug-likeness (QED) is 0.655. The van der Waals surface area contributed by atoms with Crippen LogP contribution in [0.3, 0.4) is 0 Å². The number of aryl methyl sites for hydroxylation is 2. The number of carbonyl (C=O) groups excluding carboxylic acids is 3. The third-order valence-electron chi connectivity index (χ3n) is 5.71. The first-order valence-corrected chi connectivity index (χ1v) is 9.81. The predicted octanol–water partition coefficient (Wildman–Crippen LogP) is 3.17. The molecule has 2 aromatic carbocycles. The molecule has 1 aliphatic heterocycles. The Morgan fingerprint density at radius 1 is 1.00 bits per heavy atom. The number of hydrogen-bond acceptors (Lipinski definition) is 4. The monoisotopic (exact) mass is 405 g/mol. The summed E-state index contributed by atoms with van der Waals surface area (Å²) in [6.45, 7) is 6.01. The Morgan fingerprint density at radius 2 is 1.77 bits per heavy atom. The van der Waals surface area contributed by atoms with Gasteiger partial charge in [-0.1, -0.05) is 30.3 Å². The van der Waals surface area contributed by atoms with Gasteiger partial charge in [-0.2, -0.15) is 0 Å². The van der Waals surface area contributed by atoms with Gasteiger partial charge >= 0.3 is 5.91 Å². The maximum Gasteiger partial charge on any atom is 0.305 e. The standard InChI is InChI=1S/C23H23N3O4/c1-13-7-6-9-18(14(13)2)26-12-16(11-20(26)27)22(28)24-25-23(29)21-15(3)17-8-4-5-10-19(17)30-21/h4-10,16H,11-12H2,1-3H3,(H,24,28)(H,25,29). The van der Waals surface area contributed by atoms with Crippen molar-refractivity contribution in [3.63, 3.8) is 0 Å². The predicted molar refractivity (Wildman–Crippen MR) is 113 cm³/mol. The molecule has 1 fully saturated rings. The van der Waals surface area contributed by atoms with Gasteiger partial charge in [0.25, 0.3) is 0 Å². The topological polar surface area (TPSA) is 91.7 Å². The fraction of sp³-hybridized carbons (Fsp3) is 0.261. The van der Waals surface area contributed by atoms with Gasteiger partial charge in [0.05, 0.1) is 5.92 Å². The summed E-state index contributed by atoms with van der Waals surface area (Å²) in [7, 11) is 0. The van der Waals surface area contributed by atoms with Gasteiger partial charge in [0.15, 0.2) is 5.76 Å². The minimum Gasteiger partial charge on any atom is -0.451 e. The Balaban J connectivity index is 1.42. The van der Waals surface area contributed by atoms with Gasteiger partial charge in [-0.05, 0) is 44.0 Å². The molecule has 7 heteroatoms. The summed E-state index contributed by atoms with van der Waals surface area (Å²) >= 11 is 0. The van der Waals surface area contributed by atoms with E-state index in [0.717, 1.165) is 22.2 Å². The molecule has 1 saturated heterocycles. The van der Waals surface area contributed by atoms with E-state index in [4.69, 9.17) is 4.42 Å². The zero-order chi connectivity index (χ0) is 21.4. The Bertz CT molecular complexity index is 1160. The van der Waals surface area contributed by atoms with Crippen molar-refractivity contribution in [2.75, 3.05) is 11.4 Å². The summed E-state index contributed by atoms with van der Waals surface area (Å²) in [4.78, 5) is 39.2. The number of rotatable bonds is 3. The molecule has 0 bridgehead atoms. The molecular formula is C23H23N3O4. The first-order valence-electron chi connectivity index (χ1n) is 9.81. The maximum atomic E-state index is 12.6. The van der Waals surface area contributed by atoms with Crippen molar-refractivity contribution in [3.05, 3.63) is 64.9 Å². The summed E-state index contributed by atoms with van der Waals surface area (Å²) in [5.41, 5.74) is 9.07. The molecule has 0 aliphatic carbocycles. The molecule has 2 N–H and O–H groups in total. The lowest BCUT2D eigenvalue weighted by atomic mass is 10.1. The number of anilines is 1. The van der Waals surface area contributed by atoms with E-state index in [1.54, 1.807) is 17.9 Å². The largest absolute Gasteiger partial charge is 0.451 e. The number of hydrogen-bond donors (Lipinski definition) is 2. The molecule has 1 aromatic heterocycles. The van der Waals surface area contributed by atoms with Gasteiger partial charge in [-0.15, -0.1) is 0 Å². The summed E-state index contributed by atoms with van der Waals surface area (Å²) in [5.74, 6) is -1.44. The summed E-state index contributed by atoms with van der Waals surface area (Å²) in [5, 5.41) is 0.847. The van der Waals surface area contributed by atoms with Crippen LogP contribution in [0, 0.1) is 26.7 Å². The van der Waals surface area contributed by atoms with E-state index in [-0.39, 0.29) is 24.6 Å². The van der Waals surface area contributed by atoms with E-state index in [2.05, 4.69) is 10.9 Å². The van der Waals surface area contributed by atoms with Gasteiger partial charge < -0.3 is 9.32 Å². The summed E-state index contributed by atoms with van der Waals surface area (Å²) in [6.07, 6.45) is 0.0960. The number of furan rings is 1. The van der Waals surface area contributed by atoms with Crippen molar-refractivity contribution >= 4 is 34.4 Å². The van der Waals surface area contributed by atoms with Gasteiger partial charge in [0.2, 0.25) is 11.8 Å². The molecular weight excluding hydrogens is 382 g/mol. The molecule has 0 saturated carbocycles. The number of fused-ring (bicyclic) bond motifs is 1. The zero-order valence-electron chi connectivity index (χ0n) is 17.1. The lowest BCUT2D eigenvalue weighted by molar-refractivity contribution is -0.126. The Labute approximate surface area is 174 Å². The molecule has 2 heterocycles. The van der Waals surface area contributed by atoms with Crippen LogP contribution in [0.4, 0.5) is 5.69 Å². The highest BCUT2D eigenvalue weighted by Gasteiger charge is 2.36. The van der Waals surface area contributed by atoms with Crippen LogP contribution in [0.5, 0.6) is 0 Å². The van der Waals surface area contributed by atoms with Gasteiger partial charge in [0, 0.05) is 29.6 Å². The van der Waals surface area contributed by atoms with Crippen molar-refractivity contribution in [3.8, 4) is 0 Å². The number of para-hydroxylation sites is 1. The SMILES string of the molecule is Cc1cccc(N2CC(C(=O)NNC(=O)c3oc4ccccc4c3C)CC2=O)c1C. The lowest BCUT2D eigenvalue weighted by Gasteiger charge is -2.20. The van der Waals surface area contributed by atoms with E-state index in [9.17, 15) is 14.4 Å². The molecule has 7 nitrogen and oxygen atoms in total. The lowest BCUT2D eigenvalue weighted by Crippen LogP contribution is -2.45. The average Bonchev–Trinajstić information content (AvgIpc) is 3.29. The number of benzene rings is 2. The molecule has 0 spiro atoms. The first-order chi connectivity index (χ1) is 14.4. The summed E-state index contributed by atoms with van der Waals surface area (Å²) in [6, 6.07) is 13.1. The molecule has 30 heavy (non-hydrogen) atoms. The van der Waals surface area contributed by atoms with E-state index < -0.39 is 17.7 Å². The molecule has 1 unspecified atom stereocenters. The molecule has 3 aromatic rings. The zero-order valence-corrected chi connectivity index (χ0v) is 17.1. The molecule has 154 valence electrons. The van der Waals surface area contributed by atoms with E-state index in [0.29, 0.717) is 11.1 Å². The van der Waals surface area contributed by atoms with Crippen LogP contribution in [-0.2, 0) is 9.59 Å². The molecule has 4 rings (SSSR count). The van der Waals surface area contributed by atoms with Crippen molar-refractivity contribution in [1.82, 2.24) is 10.9 Å². The van der Waals surface area contributed by atoms with Crippen molar-refractivity contribution in [2.24, 2.45) is 5.92 Å². The Morgan fingerprint density at radius 3 is 2.53 bits per heavy atom. The van der Waals surface area contributed by atoms with Gasteiger partial charge in [-0.25, -0.2) is 0 Å². The molecule has 3 amide bonds. The highest BCUT2D eigenvalue weighted by molar-refractivity contribution is 6.02. The number of hydrazine groups is 1. The van der Waals surface area contributed by atoms with Crippen LogP contribution in [0.15, 0.2) is 46.9 Å². The summed E-state index contributed by atoms with van der Waals surface area (Å²) < 4.78 is 5.61. The van der Waals surface area contributed by atoms with Crippen LogP contribution < -0.4 is 15.8 Å². The second-order valence-electron chi connectivity index (χ2n) is 7.62. The van der Waals surface area contributed by atoms with E-state index >= 15 is 0 Å². The second-order valence-corrected chi connectivity index (χ2v) is 7.62. The van der Waals surface area contributed by atoms with Crippen LogP contribution in [-0.4, -0.2) is 24.3 Å². The average molecular weight is 405 g/mol. The maximum absolute atomic E-state index is 12.6. The highest BCUT2D eigenvalue weighted by Crippen LogP contribution is 2.29. The van der Waals surface area contributed by atoms with E-state index in [1.165, 1.54) is 0 Å². The Hall–Kier alpha value is -3.61. The molecule has 1 atom stereocenters.